The predicted molar refractivity (Wildman–Crippen MR) is 80.3 cm³/mol. The first-order chi connectivity index (χ1) is 9.00. The SMILES string of the molecule is CN(c1ccccc1)c1c(Cl)cc([N+](=O)[O-])cc1Br. The lowest BCUT2D eigenvalue weighted by molar-refractivity contribution is -0.384. The van der Waals surface area contributed by atoms with Crippen molar-refractivity contribution in [2.45, 2.75) is 0 Å². The van der Waals surface area contributed by atoms with Gasteiger partial charge in [0.05, 0.1) is 15.6 Å². The first-order valence-corrected chi connectivity index (χ1v) is 6.60. The van der Waals surface area contributed by atoms with Crippen molar-refractivity contribution in [3.05, 3.63) is 62.1 Å². The van der Waals surface area contributed by atoms with E-state index in [9.17, 15) is 10.1 Å². The number of hydrogen-bond acceptors (Lipinski definition) is 3. The van der Waals surface area contributed by atoms with Crippen molar-refractivity contribution in [3.63, 3.8) is 0 Å². The molecule has 0 heterocycles. The zero-order valence-corrected chi connectivity index (χ0v) is 12.4. The van der Waals surface area contributed by atoms with Gasteiger partial charge >= 0.3 is 0 Å². The Morgan fingerprint density at radius 3 is 2.42 bits per heavy atom. The highest BCUT2D eigenvalue weighted by molar-refractivity contribution is 9.10. The van der Waals surface area contributed by atoms with Gasteiger partial charge in [-0.25, -0.2) is 0 Å². The summed E-state index contributed by atoms with van der Waals surface area (Å²) in [5, 5.41) is 11.1. The molecule has 19 heavy (non-hydrogen) atoms. The molecule has 0 spiro atoms. The van der Waals surface area contributed by atoms with Gasteiger partial charge in [-0.05, 0) is 28.1 Å². The average molecular weight is 342 g/mol. The monoisotopic (exact) mass is 340 g/mol. The number of benzene rings is 2. The first-order valence-electron chi connectivity index (χ1n) is 5.43. The summed E-state index contributed by atoms with van der Waals surface area (Å²) in [4.78, 5) is 12.2. The van der Waals surface area contributed by atoms with Crippen LogP contribution >= 0.6 is 27.5 Å². The molecule has 0 aliphatic rings. The summed E-state index contributed by atoms with van der Waals surface area (Å²) in [6.07, 6.45) is 0. The van der Waals surface area contributed by atoms with E-state index in [1.165, 1.54) is 12.1 Å². The molecule has 0 saturated carbocycles. The number of nitrogens with zero attached hydrogens (tertiary/aromatic N) is 2. The summed E-state index contributed by atoms with van der Waals surface area (Å²) >= 11 is 9.48. The zero-order chi connectivity index (χ0) is 14.0. The fourth-order valence-electron chi connectivity index (χ4n) is 1.76. The minimum atomic E-state index is -0.469. The van der Waals surface area contributed by atoms with E-state index in [-0.39, 0.29) is 5.69 Å². The van der Waals surface area contributed by atoms with Crippen LogP contribution < -0.4 is 4.90 Å². The maximum Gasteiger partial charge on any atom is 0.272 e. The Morgan fingerprint density at radius 2 is 1.89 bits per heavy atom. The molecule has 6 heteroatoms. The predicted octanol–water partition coefficient (Wildman–Crippen LogP) is 4.78. The molecule has 0 N–H and O–H groups in total. The van der Waals surface area contributed by atoms with Crippen LogP contribution in [-0.4, -0.2) is 12.0 Å². The molecule has 98 valence electrons. The van der Waals surface area contributed by atoms with Gasteiger partial charge in [0, 0.05) is 29.3 Å². The van der Waals surface area contributed by atoms with E-state index in [0.29, 0.717) is 15.2 Å². The van der Waals surface area contributed by atoms with Gasteiger partial charge in [0.2, 0.25) is 0 Å². The molecule has 0 aliphatic heterocycles. The number of hydrogen-bond donors (Lipinski definition) is 0. The Bertz CT molecular complexity index is 596. The van der Waals surface area contributed by atoms with Crippen molar-refractivity contribution in [2.75, 3.05) is 11.9 Å². The Balaban J connectivity index is 2.49. The van der Waals surface area contributed by atoms with Gasteiger partial charge in [0.25, 0.3) is 5.69 Å². The molecule has 4 nitrogen and oxygen atoms in total. The highest BCUT2D eigenvalue weighted by Gasteiger charge is 2.17. The molecule has 0 saturated heterocycles. The van der Waals surface area contributed by atoms with Crippen LogP contribution in [0.5, 0.6) is 0 Å². The second-order valence-electron chi connectivity index (χ2n) is 3.91. The largest absolute Gasteiger partial charge is 0.342 e. The van der Waals surface area contributed by atoms with Gasteiger partial charge in [0.1, 0.15) is 0 Å². The van der Waals surface area contributed by atoms with Crippen LogP contribution in [0.3, 0.4) is 0 Å². The third-order valence-corrected chi connectivity index (χ3v) is 3.58. The molecular weight excluding hydrogens is 332 g/mol. The second-order valence-corrected chi connectivity index (χ2v) is 5.17. The quantitative estimate of drug-likeness (QED) is 0.596. The first kappa shape index (κ1) is 13.8. The molecule has 2 aromatic rings. The molecule has 0 aliphatic carbocycles. The summed E-state index contributed by atoms with van der Waals surface area (Å²) in [5.41, 5.74) is 1.60. The van der Waals surface area contributed by atoms with Gasteiger partial charge in [-0.2, -0.15) is 0 Å². The number of anilines is 2. The number of nitro benzene ring substituents is 1. The molecule has 2 rings (SSSR count). The lowest BCUT2D eigenvalue weighted by Crippen LogP contribution is -2.10. The third-order valence-electron chi connectivity index (χ3n) is 2.69. The van der Waals surface area contributed by atoms with Crippen molar-refractivity contribution in [3.8, 4) is 0 Å². The highest BCUT2D eigenvalue weighted by atomic mass is 79.9. The summed E-state index contributed by atoms with van der Waals surface area (Å²) < 4.78 is 0.582. The van der Waals surface area contributed by atoms with E-state index in [0.717, 1.165) is 5.69 Å². The molecule has 0 bridgehead atoms. The van der Waals surface area contributed by atoms with Gasteiger partial charge in [-0.1, -0.05) is 29.8 Å². The number of non-ortho nitro benzene ring substituents is 1. The molecular formula is C13H10BrClN2O2. The van der Waals surface area contributed by atoms with Crippen LogP contribution in [0.15, 0.2) is 46.9 Å². The van der Waals surface area contributed by atoms with Crippen molar-refractivity contribution in [1.82, 2.24) is 0 Å². The van der Waals surface area contributed by atoms with Crippen LogP contribution in [0.2, 0.25) is 5.02 Å². The average Bonchev–Trinajstić information content (AvgIpc) is 2.38. The summed E-state index contributed by atoms with van der Waals surface area (Å²) in [6, 6.07) is 12.4. The third kappa shape index (κ3) is 2.88. The topological polar surface area (TPSA) is 46.4 Å². The smallest absolute Gasteiger partial charge is 0.272 e. The van der Waals surface area contributed by atoms with E-state index in [1.807, 2.05) is 42.3 Å². The minimum Gasteiger partial charge on any atom is -0.342 e. The number of rotatable bonds is 3. The molecule has 0 radical (unpaired) electrons. The molecule has 2 aromatic carbocycles. The van der Waals surface area contributed by atoms with Crippen LogP contribution in [0.25, 0.3) is 0 Å². The van der Waals surface area contributed by atoms with E-state index in [1.54, 1.807) is 0 Å². The van der Waals surface area contributed by atoms with Gasteiger partial charge in [0.15, 0.2) is 0 Å². The summed E-state index contributed by atoms with van der Waals surface area (Å²) in [5.74, 6) is 0. The molecule has 0 unspecified atom stereocenters. The lowest BCUT2D eigenvalue weighted by Gasteiger charge is -2.22. The van der Waals surface area contributed by atoms with Crippen molar-refractivity contribution in [1.29, 1.82) is 0 Å². The Morgan fingerprint density at radius 1 is 1.26 bits per heavy atom. The summed E-state index contributed by atoms with van der Waals surface area (Å²) in [7, 11) is 1.85. The van der Waals surface area contributed by atoms with E-state index in [2.05, 4.69) is 15.9 Å². The molecule has 0 aromatic heterocycles. The molecule has 0 fully saturated rings. The maximum atomic E-state index is 10.8. The Hall–Kier alpha value is -1.59. The van der Waals surface area contributed by atoms with E-state index >= 15 is 0 Å². The highest BCUT2D eigenvalue weighted by Crippen LogP contribution is 2.39. The number of nitro groups is 1. The normalized spacial score (nSPS) is 10.3. The maximum absolute atomic E-state index is 10.8. The van der Waals surface area contributed by atoms with Crippen LogP contribution in [0.4, 0.5) is 17.1 Å². The molecule has 0 amide bonds. The molecule has 0 atom stereocenters. The lowest BCUT2D eigenvalue weighted by atomic mass is 10.2. The van der Waals surface area contributed by atoms with Gasteiger partial charge < -0.3 is 4.90 Å². The second kappa shape index (κ2) is 5.59. The van der Waals surface area contributed by atoms with Gasteiger partial charge in [-0.3, -0.25) is 10.1 Å². The standard InChI is InChI=1S/C13H10BrClN2O2/c1-16(9-5-3-2-4-6-9)13-11(14)7-10(17(18)19)8-12(13)15/h2-8H,1H3. The Kier molecular flexibility index (Phi) is 4.07. The van der Waals surface area contributed by atoms with Crippen LogP contribution in [-0.2, 0) is 0 Å². The number of para-hydroxylation sites is 1. The van der Waals surface area contributed by atoms with Crippen molar-refractivity contribution >= 4 is 44.6 Å². The summed E-state index contributed by atoms with van der Waals surface area (Å²) in [6.45, 7) is 0. The van der Waals surface area contributed by atoms with Gasteiger partial charge in [-0.15, -0.1) is 0 Å². The van der Waals surface area contributed by atoms with E-state index < -0.39 is 4.92 Å². The fourth-order valence-corrected chi connectivity index (χ4v) is 2.93. The minimum absolute atomic E-state index is 0.0397. The Labute approximate surface area is 123 Å². The van der Waals surface area contributed by atoms with Crippen LogP contribution in [0, 0.1) is 10.1 Å². The van der Waals surface area contributed by atoms with Crippen LogP contribution in [0.1, 0.15) is 0 Å². The van der Waals surface area contributed by atoms with Crippen molar-refractivity contribution < 1.29 is 4.92 Å². The number of halogens is 2. The van der Waals surface area contributed by atoms with Crippen molar-refractivity contribution in [2.24, 2.45) is 0 Å². The zero-order valence-electron chi connectivity index (χ0n) is 10.0. The van der Waals surface area contributed by atoms with E-state index in [4.69, 9.17) is 11.6 Å². The fraction of sp³-hybridized carbons (Fsp3) is 0.0769.